The van der Waals surface area contributed by atoms with Crippen LogP contribution < -0.4 is 0 Å². The predicted octanol–water partition coefficient (Wildman–Crippen LogP) is 4.67. The van der Waals surface area contributed by atoms with Gasteiger partial charge in [0.05, 0.1) is 16.9 Å². The molecule has 186 valence electrons. The van der Waals surface area contributed by atoms with Gasteiger partial charge in [0.2, 0.25) is 0 Å². The average molecular weight is 503 g/mol. The van der Waals surface area contributed by atoms with E-state index in [1.54, 1.807) is 32.9 Å². The molecule has 2 N–H and O–H groups in total. The van der Waals surface area contributed by atoms with Crippen LogP contribution >= 0.6 is 0 Å². The summed E-state index contributed by atoms with van der Waals surface area (Å²) in [4.78, 5) is 11.4. The molecule has 1 atom stereocenters. The van der Waals surface area contributed by atoms with Crippen molar-refractivity contribution in [1.82, 2.24) is 0 Å². The van der Waals surface area contributed by atoms with Crippen LogP contribution in [0.3, 0.4) is 0 Å². The van der Waals surface area contributed by atoms with E-state index in [2.05, 4.69) is 13.8 Å². The Morgan fingerprint density at radius 3 is 1.94 bits per heavy atom. The quantitative estimate of drug-likeness (QED) is 0.268. The van der Waals surface area contributed by atoms with Gasteiger partial charge in [0, 0.05) is 6.42 Å². The van der Waals surface area contributed by atoms with E-state index >= 15 is 0 Å². The van der Waals surface area contributed by atoms with Crippen LogP contribution in [0.2, 0.25) is 0 Å². The van der Waals surface area contributed by atoms with Crippen LogP contribution in [-0.4, -0.2) is 43.8 Å². The number of halogens is 2. The van der Waals surface area contributed by atoms with E-state index in [1.165, 1.54) is 12.1 Å². The second-order valence-corrected chi connectivity index (χ2v) is 10.9. The summed E-state index contributed by atoms with van der Waals surface area (Å²) in [7, 11) is -9.46. The summed E-state index contributed by atoms with van der Waals surface area (Å²) in [6, 6.07) is 6.32. The van der Waals surface area contributed by atoms with Gasteiger partial charge < -0.3 is 4.74 Å². The first-order valence-electron chi connectivity index (χ1n) is 9.98. The van der Waals surface area contributed by atoms with Gasteiger partial charge in [-0.05, 0) is 56.7 Å². The molecule has 0 aliphatic heterocycles. The van der Waals surface area contributed by atoms with Gasteiger partial charge in [-0.2, -0.15) is 25.6 Å². The SMILES string of the molecule is CCC(C)(C)C(=O)OCCCC(F)(F)S(=O)(=O)O.CCC(C)c1ccc(S(=O)(=O)O)cc1. The lowest BCUT2D eigenvalue weighted by Gasteiger charge is -2.20. The fourth-order valence-electron chi connectivity index (χ4n) is 2.12. The van der Waals surface area contributed by atoms with Gasteiger partial charge in [-0.3, -0.25) is 13.9 Å². The van der Waals surface area contributed by atoms with Crippen molar-refractivity contribution in [2.75, 3.05) is 6.61 Å². The lowest BCUT2D eigenvalue weighted by molar-refractivity contribution is -0.154. The average Bonchev–Trinajstić information content (AvgIpc) is 2.69. The van der Waals surface area contributed by atoms with E-state index in [1.807, 2.05) is 0 Å². The van der Waals surface area contributed by atoms with Crippen molar-refractivity contribution in [3.8, 4) is 0 Å². The van der Waals surface area contributed by atoms with Gasteiger partial charge in [0.25, 0.3) is 10.1 Å². The van der Waals surface area contributed by atoms with Crippen LogP contribution in [0, 0.1) is 5.41 Å². The second kappa shape index (κ2) is 12.0. The number of rotatable bonds is 10. The van der Waals surface area contributed by atoms with Crippen molar-refractivity contribution < 1.29 is 44.3 Å². The molecule has 1 aromatic rings. The first kappa shape index (κ1) is 30.4. The van der Waals surface area contributed by atoms with Crippen molar-refractivity contribution in [3.05, 3.63) is 29.8 Å². The number of benzene rings is 1. The molecule has 0 saturated carbocycles. The Hall–Kier alpha value is -1.63. The van der Waals surface area contributed by atoms with Crippen LogP contribution in [0.1, 0.15) is 71.8 Å². The molecule has 0 aliphatic carbocycles. The summed E-state index contributed by atoms with van der Waals surface area (Å²) < 4.78 is 89.3. The topological polar surface area (TPSA) is 135 Å². The monoisotopic (exact) mass is 502 g/mol. The Balaban J connectivity index is 0.000000618. The zero-order chi connectivity index (χ0) is 25.4. The maximum Gasteiger partial charge on any atom is 0.370 e. The lowest BCUT2D eigenvalue weighted by atomic mass is 9.91. The van der Waals surface area contributed by atoms with Crippen LogP contribution in [0.25, 0.3) is 0 Å². The maximum absolute atomic E-state index is 12.8. The van der Waals surface area contributed by atoms with E-state index < -0.39 is 43.3 Å². The number of carbonyl (C=O) groups is 1. The minimum Gasteiger partial charge on any atom is -0.465 e. The highest BCUT2D eigenvalue weighted by Gasteiger charge is 2.43. The zero-order valence-corrected chi connectivity index (χ0v) is 20.5. The van der Waals surface area contributed by atoms with E-state index in [0.717, 1.165) is 12.0 Å². The molecule has 1 unspecified atom stereocenters. The zero-order valence-electron chi connectivity index (χ0n) is 18.8. The standard InChI is InChI=1S/C10H18F2O5S.C10H14O3S/c1-4-9(2,3)8(13)17-7-5-6-10(11,12)18(14,15)16;1-3-8(2)9-4-6-10(7-5-9)14(11,12)13/h4-7H2,1-3H3,(H,14,15,16);4-8H,3H2,1-2H3,(H,11,12,13). The molecule has 0 fully saturated rings. The number of hydrogen-bond donors (Lipinski definition) is 2. The first-order valence-corrected chi connectivity index (χ1v) is 12.9. The summed E-state index contributed by atoms with van der Waals surface area (Å²) >= 11 is 0. The van der Waals surface area contributed by atoms with Crippen molar-refractivity contribution in [1.29, 1.82) is 0 Å². The molecular formula is C20H32F2O8S2. The van der Waals surface area contributed by atoms with Crippen molar-refractivity contribution in [2.24, 2.45) is 5.41 Å². The third-order valence-corrected chi connectivity index (χ3v) is 6.85. The largest absolute Gasteiger partial charge is 0.465 e. The molecule has 1 rings (SSSR count). The van der Waals surface area contributed by atoms with Crippen LogP contribution in [-0.2, 0) is 29.8 Å². The highest BCUT2D eigenvalue weighted by molar-refractivity contribution is 7.86. The fourth-order valence-corrected chi connectivity index (χ4v) is 3.00. The summed E-state index contributed by atoms with van der Waals surface area (Å²) in [6.45, 7) is 8.93. The first-order chi connectivity index (χ1) is 14.4. The second-order valence-electron chi connectivity index (χ2n) is 7.94. The number of alkyl halides is 2. The molecule has 0 spiro atoms. The van der Waals surface area contributed by atoms with Gasteiger partial charge in [-0.15, -0.1) is 0 Å². The fraction of sp³-hybridized carbons (Fsp3) is 0.650. The predicted molar refractivity (Wildman–Crippen MR) is 116 cm³/mol. The molecule has 0 radical (unpaired) electrons. The number of esters is 1. The van der Waals surface area contributed by atoms with E-state index in [0.29, 0.717) is 12.3 Å². The van der Waals surface area contributed by atoms with Crippen LogP contribution in [0.5, 0.6) is 0 Å². The minimum atomic E-state index is -5.41. The van der Waals surface area contributed by atoms with Gasteiger partial charge in [0.1, 0.15) is 0 Å². The molecule has 0 heterocycles. The number of hydrogen-bond acceptors (Lipinski definition) is 6. The third-order valence-electron chi connectivity index (χ3n) is 5.02. The Bertz CT molecular complexity index is 940. The Kier molecular flexibility index (Phi) is 11.4. The van der Waals surface area contributed by atoms with Gasteiger partial charge in [-0.25, -0.2) is 0 Å². The molecule has 32 heavy (non-hydrogen) atoms. The normalized spacial score (nSPS) is 13.7. The summed E-state index contributed by atoms with van der Waals surface area (Å²) in [5.74, 6) is -0.120. The minimum absolute atomic E-state index is 0.0513. The van der Waals surface area contributed by atoms with Gasteiger partial charge in [-0.1, -0.05) is 32.9 Å². The summed E-state index contributed by atoms with van der Waals surface area (Å²) in [5.41, 5.74) is 0.380. The molecule has 0 bridgehead atoms. The highest BCUT2D eigenvalue weighted by Crippen LogP contribution is 2.27. The Morgan fingerprint density at radius 2 is 1.56 bits per heavy atom. The van der Waals surface area contributed by atoms with Gasteiger partial charge >= 0.3 is 21.3 Å². The van der Waals surface area contributed by atoms with E-state index in [4.69, 9.17) is 13.8 Å². The van der Waals surface area contributed by atoms with Crippen LogP contribution in [0.4, 0.5) is 8.78 Å². The van der Waals surface area contributed by atoms with Crippen molar-refractivity contribution in [2.45, 2.75) is 76.4 Å². The summed E-state index contributed by atoms with van der Waals surface area (Å²) in [6.07, 6.45) is 0.0994. The van der Waals surface area contributed by atoms with E-state index in [9.17, 15) is 30.4 Å². The molecule has 0 saturated heterocycles. The maximum atomic E-state index is 12.8. The van der Waals surface area contributed by atoms with Crippen molar-refractivity contribution in [3.63, 3.8) is 0 Å². The molecular weight excluding hydrogens is 470 g/mol. The smallest absolute Gasteiger partial charge is 0.370 e. The third kappa shape index (κ3) is 9.88. The van der Waals surface area contributed by atoms with E-state index in [-0.39, 0.29) is 17.9 Å². The van der Waals surface area contributed by atoms with Crippen LogP contribution in [0.15, 0.2) is 29.2 Å². The number of carbonyl (C=O) groups excluding carboxylic acids is 1. The molecule has 0 amide bonds. The molecule has 8 nitrogen and oxygen atoms in total. The Morgan fingerprint density at radius 1 is 1.06 bits per heavy atom. The lowest BCUT2D eigenvalue weighted by Crippen LogP contribution is -2.29. The van der Waals surface area contributed by atoms with Crippen molar-refractivity contribution >= 4 is 26.2 Å². The highest BCUT2D eigenvalue weighted by atomic mass is 32.2. The molecule has 1 aromatic carbocycles. The van der Waals surface area contributed by atoms with Gasteiger partial charge in [0.15, 0.2) is 0 Å². The Labute approximate surface area is 188 Å². The molecule has 0 aromatic heterocycles. The molecule has 12 heteroatoms. The number of ether oxygens (including phenoxy) is 1. The summed E-state index contributed by atoms with van der Waals surface area (Å²) in [5, 5.41) is -4.21. The molecule has 0 aliphatic rings.